The van der Waals surface area contributed by atoms with Crippen LogP contribution >= 0.6 is 0 Å². The Bertz CT molecular complexity index is 1260. The molecular formula is C54H101NO13. The molecule has 0 aromatic rings. The van der Waals surface area contributed by atoms with E-state index in [0.717, 1.165) is 44.9 Å². The third kappa shape index (κ3) is 25.7. The monoisotopic (exact) mass is 972 g/mol. The van der Waals surface area contributed by atoms with Crippen LogP contribution in [-0.2, 0) is 19.0 Å². The van der Waals surface area contributed by atoms with Crippen molar-refractivity contribution in [1.82, 2.24) is 5.32 Å². The van der Waals surface area contributed by atoms with Gasteiger partial charge in [0, 0.05) is 6.42 Å². The fourth-order valence-electron chi connectivity index (χ4n) is 9.43. The first kappa shape index (κ1) is 62.6. The average molecular weight is 972 g/mol. The standard InChI is InChI=1S/C54H101NO13/c1-3-5-7-9-11-13-15-17-18-19-20-21-22-23-24-26-28-30-32-34-36-38-44(59)55-45(41(58)37-35-33-31-29-27-25-16-14-12-10-8-6-4-2)47(61)53-50(64)49(63)52(43(40-57)66-53)68-54-51(65)48(62)46(60)42(39-56)67-54/h17-18,35,37,41-43,45-54,56-58,60-65H,3-16,19-34,36,38-40H2,1-2H3,(H,55,59)/b18-17-,37-35+/t41-,42-,43-,45-,46+,47?,48+,49-,50-,51-,52-,53?,54+/m1/s1. The summed E-state index contributed by atoms with van der Waals surface area (Å²) in [6.07, 6.45) is 25.3. The van der Waals surface area contributed by atoms with E-state index in [4.69, 9.17) is 14.2 Å². The molecule has 0 saturated carbocycles. The van der Waals surface area contributed by atoms with Crippen LogP contribution in [0.3, 0.4) is 0 Å². The van der Waals surface area contributed by atoms with Crippen LogP contribution in [-0.4, -0.2) is 145 Å². The first-order valence-electron chi connectivity index (χ1n) is 27.6. The van der Waals surface area contributed by atoms with E-state index < -0.39 is 98.6 Å². The number of amides is 1. The van der Waals surface area contributed by atoms with Gasteiger partial charge in [0.15, 0.2) is 6.29 Å². The topological polar surface area (TPSA) is 239 Å². The van der Waals surface area contributed by atoms with Crippen LogP contribution in [0.5, 0.6) is 0 Å². The van der Waals surface area contributed by atoms with Crippen molar-refractivity contribution in [3.05, 3.63) is 24.3 Å². The molecule has 0 aromatic heterocycles. The summed E-state index contributed by atoms with van der Waals surface area (Å²) in [6, 6.07) is -1.35. The zero-order chi connectivity index (χ0) is 49.8. The molecule has 2 aliphatic rings. The highest BCUT2D eigenvalue weighted by Gasteiger charge is 2.53. The predicted molar refractivity (Wildman–Crippen MR) is 268 cm³/mol. The fraction of sp³-hybridized carbons (Fsp3) is 0.907. The van der Waals surface area contributed by atoms with Gasteiger partial charge in [0.2, 0.25) is 5.91 Å². The van der Waals surface area contributed by atoms with Crippen molar-refractivity contribution in [1.29, 1.82) is 0 Å². The van der Waals surface area contributed by atoms with Crippen molar-refractivity contribution in [2.45, 2.75) is 299 Å². The molecule has 2 heterocycles. The Morgan fingerprint density at radius 1 is 0.515 bits per heavy atom. The molecule has 10 N–H and O–H groups in total. The maximum Gasteiger partial charge on any atom is 0.220 e. The number of carbonyl (C=O) groups is 1. The van der Waals surface area contributed by atoms with E-state index in [2.05, 4.69) is 31.3 Å². The van der Waals surface area contributed by atoms with Gasteiger partial charge in [-0.3, -0.25) is 4.79 Å². The summed E-state index contributed by atoms with van der Waals surface area (Å²) in [5.41, 5.74) is 0. The molecule has 68 heavy (non-hydrogen) atoms. The lowest BCUT2D eigenvalue weighted by Gasteiger charge is -2.47. The van der Waals surface area contributed by atoms with E-state index in [1.165, 1.54) is 147 Å². The van der Waals surface area contributed by atoms with Gasteiger partial charge in [0.1, 0.15) is 61.0 Å². The molecule has 2 rings (SSSR count). The Morgan fingerprint density at radius 3 is 1.40 bits per heavy atom. The van der Waals surface area contributed by atoms with Crippen LogP contribution in [0.2, 0.25) is 0 Å². The first-order valence-corrected chi connectivity index (χ1v) is 27.6. The molecule has 2 unspecified atom stereocenters. The van der Waals surface area contributed by atoms with Gasteiger partial charge in [-0.15, -0.1) is 0 Å². The molecule has 1 amide bonds. The van der Waals surface area contributed by atoms with Gasteiger partial charge in [-0.25, -0.2) is 0 Å². The molecule has 14 heteroatoms. The summed E-state index contributed by atoms with van der Waals surface area (Å²) < 4.78 is 17.0. The van der Waals surface area contributed by atoms with Gasteiger partial charge in [-0.1, -0.05) is 192 Å². The summed E-state index contributed by atoms with van der Waals surface area (Å²) in [6.45, 7) is 2.97. The van der Waals surface area contributed by atoms with E-state index in [1.54, 1.807) is 0 Å². The fourth-order valence-corrected chi connectivity index (χ4v) is 9.43. The number of nitrogens with one attached hydrogen (secondary N) is 1. The van der Waals surface area contributed by atoms with Crippen molar-refractivity contribution >= 4 is 5.91 Å². The Morgan fingerprint density at radius 2 is 0.941 bits per heavy atom. The number of ether oxygens (including phenoxy) is 3. The average Bonchev–Trinajstić information content (AvgIpc) is 3.33. The van der Waals surface area contributed by atoms with Gasteiger partial charge in [0.05, 0.1) is 25.4 Å². The first-order chi connectivity index (χ1) is 33.0. The summed E-state index contributed by atoms with van der Waals surface area (Å²) in [4.78, 5) is 13.3. The second-order valence-electron chi connectivity index (χ2n) is 19.9. The molecule has 2 fully saturated rings. The van der Waals surface area contributed by atoms with Gasteiger partial charge < -0.3 is 65.5 Å². The maximum atomic E-state index is 13.3. The molecule has 0 bridgehead atoms. The van der Waals surface area contributed by atoms with Crippen molar-refractivity contribution in [2.24, 2.45) is 0 Å². The third-order valence-corrected chi connectivity index (χ3v) is 13.9. The molecular weight excluding hydrogens is 871 g/mol. The Labute approximate surface area is 411 Å². The minimum absolute atomic E-state index is 0.164. The van der Waals surface area contributed by atoms with E-state index in [9.17, 15) is 50.8 Å². The van der Waals surface area contributed by atoms with Crippen molar-refractivity contribution in [3.8, 4) is 0 Å². The minimum atomic E-state index is -1.87. The highest BCUT2D eigenvalue weighted by Crippen LogP contribution is 2.31. The minimum Gasteiger partial charge on any atom is -0.394 e. The second kappa shape index (κ2) is 40.0. The Kier molecular flexibility index (Phi) is 36.8. The smallest absolute Gasteiger partial charge is 0.220 e. The maximum absolute atomic E-state index is 13.3. The SMILES string of the molecule is CCCCCCCC/C=C\CCCCCCCCCCCCCC(=O)N[C@@H](C(O)C1O[C@H](CO)[C@@H](O[C@@H]2O[C@H](CO)[C@H](O)[C@H](O)[C@H]2O)[C@H](O)[C@H]1O)[C@H](O)/C=C/CCCCCCCCCCCCC. The number of rotatable bonds is 42. The molecule has 400 valence electrons. The molecule has 0 radical (unpaired) electrons. The lowest BCUT2D eigenvalue weighted by molar-refractivity contribution is -0.345. The van der Waals surface area contributed by atoms with Gasteiger partial charge in [0.25, 0.3) is 0 Å². The summed E-state index contributed by atoms with van der Waals surface area (Å²) >= 11 is 0. The van der Waals surface area contributed by atoms with Crippen LogP contribution < -0.4 is 5.32 Å². The zero-order valence-corrected chi connectivity index (χ0v) is 42.5. The van der Waals surface area contributed by atoms with Crippen molar-refractivity contribution in [2.75, 3.05) is 13.2 Å². The molecule has 0 spiro atoms. The number of aliphatic hydroxyl groups is 9. The Hall–Kier alpha value is -1.53. The number of aliphatic hydroxyl groups excluding tert-OH is 9. The molecule has 13 atom stereocenters. The van der Waals surface area contributed by atoms with Gasteiger partial charge >= 0.3 is 0 Å². The van der Waals surface area contributed by atoms with E-state index in [1.807, 2.05) is 6.08 Å². The van der Waals surface area contributed by atoms with Crippen LogP contribution in [0.25, 0.3) is 0 Å². The largest absolute Gasteiger partial charge is 0.394 e. The van der Waals surface area contributed by atoms with Crippen LogP contribution in [0, 0.1) is 0 Å². The van der Waals surface area contributed by atoms with Crippen LogP contribution in [0.1, 0.15) is 219 Å². The number of carbonyl (C=O) groups excluding carboxylic acids is 1. The second-order valence-corrected chi connectivity index (χ2v) is 19.9. The molecule has 2 saturated heterocycles. The predicted octanol–water partition coefficient (Wildman–Crippen LogP) is 7.50. The molecule has 0 aromatic carbocycles. The van der Waals surface area contributed by atoms with Crippen LogP contribution in [0.15, 0.2) is 24.3 Å². The summed E-state index contributed by atoms with van der Waals surface area (Å²) in [5.74, 6) is -0.395. The molecule has 14 nitrogen and oxygen atoms in total. The number of unbranched alkanes of at least 4 members (excludes halogenated alkanes) is 28. The van der Waals surface area contributed by atoms with Gasteiger partial charge in [-0.05, 0) is 44.9 Å². The van der Waals surface area contributed by atoms with E-state index in [-0.39, 0.29) is 6.42 Å². The normalized spacial score (nSPS) is 27.0. The summed E-state index contributed by atoms with van der Waals surface area (Å²) in [7, 11) is 0. The van der Waals surface area contributed by atoms with Crippen LogP contribution in [0.4, 0.5) is 0 Å². The number of hydrogen-bond donors (Lipinski definition) is 10. The number of hydrogen-bond acceptors (Lipinski definition) is 13. The lowest BCUT2D eigenvalue weighted by atomic mass is 9.87. The highest BCUT2D eigenvalue weighted by molar-refractivity contribution is 5.76. The molecule has 0 aliphatic carbocycles. The van der Waals surface area contributed by atoms with Crippen molar-refractivity contribution in [3.63, 3.8) is 0 Å². The van der Waals surface area contributed by atoms with E-state index in [0.29, 0.717) is 12.8 Å². The quantitative estimate of drug-likeness (QED) is 0.0211. The van der Waals surface area contributed by atoms with Crippen molar-refractivity contribution < 1.29 is 65.0 Å². The molecule has 2 aliphatic heterocycles. The number of allylic oxidation sites excluding steroid dienone is 3. The van der Waals surface area contributed by atoms with E-state index >= 15 is 0 Å². The Balaban J connectivity index is 1.85. The van der Waals surface area contributed by atoms with Gasteiger partial charge in [-0.2, -0.15) is 0 Å². The third-order valence-electron chi connectivity index (χ3n) is 13.9. The zero-order valence-electron chi connectivity index (χ0n) is 42.5. The summed E-state index contributed by atoms with van der Waals surface area (Å²) in [5, 5.41) is 99.2. The lowest BCUT2D eigenvalue weighted by Crippen LogP contribution is -2.68. The highest BCUT2D eigenvalue weighted by atomic mass is 16.7.